The molecule has 0 aliphatic heterocycles. The molecule has 2 heterocycles. The van der Waals surface area contributed by atoms with Gasteiger partial charge in [0, 0.05) is 41.5 Å². The zero-order chi connectivity index (χ0) is 17.8. The van der Waals surface area contributed by atoms with Crippen LogP contribution >= 0.6 is 11.3 Å². The normalized spacial score (nSPS) is 12.1. The van der Waals surface area contributed by atoms with E-state index in [4.69, 9.17) is 0 Å². The second-order valence-electron chi connectivity index (χ2n) is 6.00. The van der Waals surface area contributed by atoms with Crippen molar-refractivity contribution in [2.45, 2.75) is 26.8 Å². The van der Waals surface area contributed by atoms with Crippen molar-refractivity contribution in [1.82, 2.24) is 9.55 Å². The first-order valence-corrected chi connectivity index (χ1v) is 9.07. The van der Waals surface area contributed by atoms with Gasteiger partial charge in [0.05, 0.1) is 5.69 Å². The number of anilines is 1. The Bertz CT molecular complexity index is 852. The van der Waals surface area contributed by atoms with Crippen LogP contribution in [0.1, 0.15) is 18.7 Å². The van der Waals surface area contributed by atoms with E-state index in [2.05, 4.69) is 17.2 Å². The minimum absolute atomic E-state index is 0.00781. The molecule has 2 aromatic heterocycles. The average molecular weight is 355 g/mol. The standard InChI is InChI=1S/C19H21N3O2S/c1-3-22-9-8-15(12-22)21-18(24)13(2)10-17-11-20-19(25-17)14-4-6-16(23)7-5-14/h4-9,11-13,23H,3,10H2,1-2H3,(H,21,24). The third-order valence-corrected chi connectivity index (χ3v) is 5.07. The topological polar surface area (TPSA) is 67.2 Å². The summed E-state index contributed by atoms with van der Waals surface area (Å²) in [4.78, 5) is 17.9. The number of benzene rings is 1. The number of aryl methyl sites for hydroxylation is 1. The molecule has 5 nitrogen and oxygen atoms in total. The molecule has 1 atom stereocenters. The number of nitrogens with one attached hydrogen (secondary N) is 1. The van der Waals surface area contributed by atoms with Crippen molar-refractivity contribution in [3.63, 3.8) is 0 Å². The van der Waals surface area contributed by atoms with Crippen molar-refractivity contribution in [3.05, 3.63) is 53.8 Å². The highest BCUT2D eigenvalue weighted by Crippen LogP contribution is 2.28. The largest absolute Gasteiger partial charge is 0.508 e. The highest BCUT2D eigenvalue weighted by Gasteiger charge is 2.16. The Kier molecular flexibility index (Phi) is 5.19. The Morgan fingerprint density at radius 1 is 1.32 bits per heavy atom. The van der Waals surface area contributed by atoms with Crippen LogP contribution in [0.2, 0.25) is 0 Å². The number of carbonyl (C=O) groups is 1. The summed E-state index contributed by atoms with van der Waals surface area (Å²) in [6.45, 7) is 4.86. The van der Waals surface area contributed by atoms with Gasteiger partial charge in [-0.15, -0.1) is 11.3 Å². The number of rotatable bonds is 6. The molecule has 0 aliphatic carbocycles. The molecule has 0 spiro atoms. The van der Waals surface area contributed by atoms with Crippen LogP contribution in [0.25, 0.3) is 10.6 Å². The van der Waals surface area contributed by atoms with Crippen LogP contribution in [0.15, 0.2) is 48.9 Å². The lowest BCUT2D eigenvalue weighted by Gasteiger charge is -2.09. The number of aromatic hydroxyl groups is 1. The molecule has 0 fully saturated rings. The molecule has 25 heavy (non-hydrogen) atoms. The first-order valence-electron chi connectivity index (χ1n) is 8.26. The first-order chi connectivity index (χ1) is 12.0. The lowest BCUT2D eigenvalue weighted by atomic mass is 10.1. The molecule has 0 aliphatic rings. The van der Waals surface area contributed by atoms with E-state index in [9.17, 15) is 9.90 Å². The minimum atomic E-state index is -0.141. The van der Waals surface area contributed by atoms with E-state index < -0.39 is 0 Å². The van der Waals surface area contributed by atoms with Gasteiger partial charge in [-0.25, -0.2) is 4.98 Å². The summed E-state index contributed by atoms with van der Waals surface area (Å²) in [5.41, 5.74) is 1.79. The van der Waals surface area contributed by atoms with Gasteiger partial charge in [-0.05, 0) is 43.7 Å². The highest BCUT2D eigenvalue weighted by molar-refractivity contribution is 7.15. The molecular formula is C19H21N3O2S. The third-order valence-electron chi connectivity index (χ3n) is 4.01. The molecule has 0 saturated heterocycles. The molecule has 3 aromatic rings. The fourth-order valence-electron chi connectivity index (χ4n) is 2.51. The van der Waals surface area contributed by atoms with Crippen LogP contribution < -0.4 is 5.32 Å². The van der Waals surface area contributed by atoms with Gasteiger partial charge in [-0.1, -0.05) is 6.92 Å². The predicted octanol–water partition coefficient (Wildman–Crippen LogP) is 4.15. The van der Waals surface area contributed by atoms with Gasteiger partial charge in [0.25, 0.3) is 0 Å². The van der Waals surface area contributed by atoms with E-state index in [1.807, 2.05) is 48.3 Å². The van der Waals surface area contributed by atoms with E-state index in [1.54, 1.807) is 23.5 Å². The van der Waals surface area contributed by atoms with Crippen molar-refractivity contribution in [3.8, 4) is 16.3 Å². The zero-order valence-corrected chi connectivity index (χ0v) is 15.1. The third kappa shape index (κ3) is 4.28. The van der Waals surface area contributed by atoms with Gasteiger partial charge in [-0.2, -0.15) is 0 Å². The Balaban J connectivity index is 1.61. The van der Waals surface area contributed by atoms with Crippen LogP contribution in [0.3, 0.4) is 0 Å². The maximum atomic E-state index is 12.4. The molecular weight excluding hydrogens is 334 g/mol. The van der Waals surface area contributed by atoms with Crippen molar-refractivity contribution >= 4 is 22.9 Å². The maximum Gasteiger partial charge on any atom is 0.227 e. The summed E-state index contributed by atoms with van der Waals surface area (Å²) in [7, 11) is 0. The Morgan fingerprint density at radius 3 is 2.76 bits per heavy atom. The van der Waals surface area contributed by atoms with E-state index >= 15 is 0 Å². The molecule has 0 bridgehead atoms. The number of nitrogens with zero attached hydrogens (tertiary/aromatic N) is 2. The summed E-state index contributed by atoms with van der Waals surface area (Å²) in [6, 6.07) is 8.88. The number of carbonyl (C=O) groups excluding carboxylic acids is 1. The maximum absolute atomic E-state index is 12.4. The van der Waals surface area contributed by atoms with Crippen LogP contribution in [0, 0.1) is 5.92 Å². The molecule has 1 unspecified atom stereocenters. The zero-order valence-electron chi connectivity index (χ0n) is 14.3. The molecule has 6 heteroatoms. The SMILES string of the molecule is CCn1ccc(NC(=O)C(C)Cc2cnc(-c3ccc(O)cc3)s2)c1. The van der Waals surface area contributed by atoms with Crippen molar-refractivity contribution in [2.24, 2.45) is 5.92 Å². The fraction of sp³-hybridized carbons (Fsp3) is 0.263. The summed E-state index contributed by atoms with van der Waals surface area (Å²) in [5.74, 6) is 0.106. The van der Waals surface area contributed by atoms with Gasteiger partial charge < -0.3 is 15.0 Å². The molecule has 0 radical (unpaired) electrons. The van der Waals surface area contributed by atoms with Crippen LogP contribution in [0.5, 0.6) is 5.75 Å². The number of hydrogen-bond acceptors (Lipinski definition) is 4. The van der Waals surface area contributed by atoms with Gasteiger partial charge >= 0.3 is 0 Å². The van der Waals surface area contributed by atoms with Crippen LogP contribution in [-0.2, 0) is 17.8 Å². The molecule has 1 aromatic carbocycles. The summed E-state index contributed by atoms with van der Waals surface area (Å²) in [5, 5.41) is 13.2. The van der Waals surface area contributed by atoms with Crippen molar-refractivity contribution in [2.75, 3.05) is 5.32 Å². The number of thiazole rings is 1. The molecule has 1 amide bonds. The van der Waals surface area contributed by atoms with Gasteiger partial charge in [0.1, 0.15) is 10.8 Å². The Hall–Kier alpha value is -2.60. The van der Waals surface area contributed by atoms with Crippen LogP contribution in [0.4, 0.5) is 5.69 Å². The average Bonchev–Trinajstić information content (AvgIpc) is 3.25. The van der Waals surface area contributed by atoms with Crippen LogP contribution in [-0.4, -0.2) is 20.6 Å². The quantitative estimate of drug-likeness (QED) is 0.698. The van der Waals surface area contributed by atoms with Gasteiger partial charge in [0.15, 0.2) is 0 Å². The lowest BCUT2D eigenvalue weighted by molar-refractivity contribution is -0.119. The fourth-order valence-corrected chi connectivity index (χ4v) is 3.56. The highest BCUT2D eigenvalue weighted by atomic mass is 32.1. The predicted molar refractivity (Wildman–Crippen MR) is 101 cm³/mol. The first kappa shape index (κ1) is 17.2. The second kappa shape index (κ2) is 7.53. The Morgan fingerprint density at radius 2 is 2.08 bits per heavy atom. The molecule has 130 valence electrons. The summed E-state index contributed by atoms with van der Waals surface area (Å²) in [6.07, 6.45) is 6.36. The van der Waals surface area contributed by atoms with E-state index in [0.717, 1.165) is 27.7 Å². The number of hydrogen-bond donors (Lipinski definition) is 2. The second-order valence-corrected chi connectivity index (χ2v) is 7.12. The van der Waals surface area contributed by atoms with E-state index in [0.29, 0.717) is 6.42 Å². The van der Waals surface area contributed by atoms with Crippen molar-refractivity contribution < 1.29 is 9.90 Å². The number of amides is 1. The molecule has 3 rings (SSSR count). The number of aromatic nitrogens is 2. The minimum Gasteiger partial charge on any atom is -0.508 e. The van der Waals surface area contributed by atoms with E-state index in [1.165, 1.54) is 0 Å². The summed E-state index contributed by atoms with van der Waals surface area (Å²) >= 11 is 1.57. The van der Waals surface area contributed by atoms with Gasteiger partial charge in [-0.3, -0.25) is 4.79 Å². The van der Waals surface area contributed by atoms with Gasteiger partial charge in [0.2, 0.25) is 5.91 Å². The Labute approximate surface area is 151 Å². The molecule has 0 saturated carbocycles. The monoisotopic (exact) mass is 355 g/mol. The number of phenolic OH excluding ortho intramolecular Hbond substituents is 1. The van der Waals surface area contributed by atoms with E-state index in [-0.39, 0.29) is 17.6 Å². The molecule has 2 N–H and O–H groups in total. The smallest absolute Gasteiger partial charge is 0.227 e. The lowest BCUT2D eigenvalue weighted by Crippen LogP contribution is -2.21. The summed E-state index contributed by atoms with van der Waals surface area (Å²) < 4.78 is 2.02. The number of phenols is 1. The van der Waals surface area contributed by atoms with Crippen molar-refractivity contribution in [1.29, 1.82) is 0 Å².